The van der Waals surface area contributed by atoms with Crippen molar-refractivity contribution in [1.29, 1.82) is 0 Å². The summed E-state index contributed by atoms with van der Waals surface area (Å²) in [6.45, 7) is 0.483. The average Bonchev–Trinajstić information content (AvgIpc) is 2.72. The number of hydrogen-bond acceptors (Lipinski definition) is 4. The van der Waals surface area contributed by atoms with Gasteiger partial charge in [0.2, 0.25) is 0 Å². The second-order valence-corrected chi connectivity index (χ2v) is 4.90. The van der Waals surface area contributed by atoms with Crippen LogP contribution in [0.2, 0.25) is 0 Å². The molecule has 1 aliphatic heterocycles. The minimum Gasteiger partial charge on any atom is -0.496 e. The van der Waals surface area contributed by atoms with E-state index < -0.39 is 0 Å². The van der Waals surface area contributed by atoms with Crippen LogP contribution in [0.3, 0.4) is 0 Å². The first-order valence-corrected chi connectivity index (χ1v) is 6.36. The van der Waals surface area contributed by atoms with Crippen LogP contribution in [0.5, 0.6) is 5.75 Å². The second-order valence-electron chi connectivity index (χ2n) is 3.71. The van der Waals surface area contributed by atoms with Crippen molar-refractivity contribution in [3.63, 3.8) is 0 Å². The number of hydrogen-bond donors (Lipinski definition) is 0. The molecule has 1 aromatic carbocycles. The third-order valence-corrected chi connectivity index (χ3v) is 3.88. The van der Waals surface area contributed by atoms with Gasteiger partial charge in [-0.1, -0.05) is 0 Å². The van der Waals surface area contributed by atoms with Crippen LogP contribution in [0.4, 0.5) is 4.39 Å². The number of halogens is 1. The van der Waals surface area contributed by atoms with Crippen molar-refractivity contribution in [2.45, 2.75) is 17.4 Å². The van der Waals surface area contributed by atoms with Crippen molar-refractivity contribution in [2.75, 3.05) is 13.7 Å². The van der Waals surface area contributed by atoms with Crippen molar-refractivity contribution in [3.8, 4) is 5.75 Å². The molecule has 0 saturated carbocycles. The molecule has 1 aromatic rings. The molecule has 1 fully saturated rings. The first-order valence-electron chi connectivity index (χ1n) is 5.31. The summed E-state index contributed by atoms with van der Waals surface area (Å²) in [5.74, 6) is 0.715. The topological polar surface area (TPSA) is 35.5 Å². The molecule has 3 nitrogen and oxygen atoms in total. The lowest BCUT2D eigenvalue weighted by molar-refractivity contribution is -0.137. The predicted octanol–water partition coefficient (Wildman–Crippen LogP) is 2.38. The maximum atomic E-state index is 13.1. The van der Waals surface area contributed by atoms with E-state index in [-0.39, 0.29) is 17.0 Å². The summed E-state index contributed by atoms with van der Waals surface area (Å²) in [4.78, 5) is 11.3. The van der Waals surface area contributed by atoms with Crippen LogP contribution >= 0.6 is 11.8 Å². The molecule has 2 rings (SSSR count). The SMILES string of the molecule is COc1ccc(F)cc1CS[C@@H]1CCOC1=O. The summed E-state index contributed by atoms with van der Waals surface area (Å²) in [7, 11) is 1.55. The lowest BCUT2D eigenvalue weighted by Gasteiger charge is -2.09. The quantitative estimate of drug-likeness (QED) is 0.775. The number of cyclic esters (lactones) is 1. The Hall–Kier alpha value is -1.23. The lowest BCUT2D eigenvalue weighted by Crippen LogP contribution is -2.09. The van der Waals surface area contributed by atoms with E-state index in [9.17, 15) is 9.18 Å². The number of rotatable bonds is 4. The summed E-state index contributed by atoms with van der Waals surface area (Å²) in [5.41, 5.74) is 0.761. The van der Waals surface area contributed by atoms with Crippen molar-refractivity contribution in [1.82, 2.24) is 0 Å². The highest BCUT2D eigenvalue weighted by molar-refractivity contribution is 7.99. The number of methoxy groups -OCH3 is 1. The minimum absolute atomic E-state index is 0.136. The number of carbonyl (C=O) groups excluding carboxylic acids is 1. The van der Waals surface area contributed by atoms with Crippen LogP contribution in [0.1, 0.15) is 12.0 Å². The molecular weight excluding hydrogens is 243 g/mol. The van der Waals surface area contributed by atoms with E-state index in [1.807, 2.05) is 0 Å². The highest BCUT2D eigenvalue weighted by atomic mass is 32.2. The van der Waals surface area contributed by atoms with Gasteiger partial charge in [0.1, 0.15) is 16.8 Å². The first kappa shape index (κ1) is 12.2. The number of thioether (sulfide) groups is 1. The van der Waals surface area contributed by atoms with Gasteiger partial charge in [-0.25, -0.2) is 4.39 Å². The van der Waals surface area contributed by atoms with Gasteiger partial charge in [-0.2, -0.15) is 0 Å². The average molecular weight is 256 g/mol. The molecule has 0 radical (unpaired) electrons. The van der Waals surface area contributed by atoms with Crippen LogP contribution < -0.4 is 4.74 Å². The summed E-state index contributed by atoms with van der Waals surface area (Å²) in [6.07, 6.45) is 0.723. The Morgan fingerprint density at radius 2 is 2.41 bits per heavy atom. The van der Waals surface area contributed by atoms with E-state index in [4.69, 9.17) is 9.47 Å². The van der Waals surface area contributed by atoms with E-state index in [1.54, 1.807) is 13.2 Å². The number of benzene rings is 1. The van der Waals surface area contributed by atoms with Crippen molar-refractivity contribution in [2.24, 2.45) is 0 Å². The monoisotopic (exact) mass is 256 g/mol. The molecular formula is C12H13FO3S. The van der Waals surface area contributed by atoms with E-state index in [0.717, 1.165) is 12.0 Å². The Kier molecular flexibility index (Phi) is 3.89. The summed E-state index contributed by atoms with van der Waals surface area (Å²) in [5, 5.41) is -0.136. The number of ether oxygens (including phenoxy) is 2. The van der Waals surface area contributed by atoms with Gasteiger partial charge in [-0.05, 0) is 18.2 Å². The summed E-state index contributed by atoms with van der Waals surface area (Å²) >= 11 is 1.46. The minimum atomic E-state index is -0.296. The molecule has 0 N–H and O–H groups in total. The predicted molar refractivity (Wildman–Crippen MR) is 63.6 cm³/mol. The lowest BCUT2D eigenvalue weighted by atomic mass is 10.2. The fraction of sp³-hybridized carbons (Fsp3) is 0.417. The Bertz CT molecular complexity index is 422. The standard InChI is InChI=1S/C12H13FO3S/c1-15-10-3-2-9(13)6-8(10)7-17-11-4-5-16-12(11)14/h2-3,6,11H,4-5,7H2,1H3/t11-/m1/s1. The molecule has 5 heteroatoms. The van der Waals surface area contributed by atoms with Crippen molar-refractivity contribution >= 4 is 17.7 Å². The summed E-state index contributed by atoms with van der Waals surface area (Å²) < 4.78 is 23.1. The van der Waals surface area contributed by atoms with Gasteiger partial charge >= 0.3 is 5.97 Å². The zero-order valence-electron chi connectivity index (χ0n) is 9.44. The van der Waals surface area contributed by atoms with E-state index in [0.29, 0.717) is 18.1 Å². The molecule has 0 unspecified atom stereocenters. The molecule has 1 heterocycles. The van der Waals surface area contributed by atoms with Gasteiger partial charge in [-0.15, -0.1) is 11.8 Å². The van der Waals surface area contributed by atoms with Crippen molar-refractivity contribution in [3.05, 3.63) is 29.6 Å². The first-order chi connectivity index (χ1) is 8.20. The highest BCUT2D eigenvalue weighted by Crippen LogP contribution is 2.29. The molecule has 0 aliphatic carbocycles. The molecule has 92 valence electrons. The molecule has 0 spiro atoms. The van der Waals surface area contributed by atoms with Crippen molar-refractivity contribution < 1.29 is 18.7 Å². The molecule has 1 aliphatic rings. The molecule has 17 heavy (non-hydrogen) atoms. The van der Waals surface area contributed by atoms with Gasteiger partial charge in [-0.3, -0.25) is 4.79 Å². The zero-order valence-corrected chi connectivity index (χ0v) is 10.3. The highest BCUT2D eigenvalue weighted by Gasteiger charge is 2.26. The number of carbonyl (C=O) groups is 1. The normalized spacial score (nSPS) is 19.2. The third-order valence-electron chi connectivity index (χ3n) is 2.57. The molecule has 1 atom stereocenters. The maximum absolute atomic E-state index is 13.1. The molecule has 0 bridgehead atoms. The fourth-order valence-electron chi connectivity index (χ4n) is 1.68. The molecule has 0 amide bonds. The van der Waals surface area contributed by atoms with Gasteiger partial charge in [0, 0.05) is 17.7 Å². The third kappa shape index (κ3) is 2.91. The smallest absolute Gasteiger partial charge is 0.319 e. The summed E-state index contributed by atoms with van der Waals surface area (Å²) in [6, 6.07) is 4.39. The van der Waals surface area contributed by atoms with Gasteiger partial charge in [0.05, 0.1) is 13.7 Å². The maximum Gasteiger partial charge on any atom is 0.319 e. The molecule has 1 saturated heterocycles. The fourth-order valence-corrected chi connectivity index (χ4v) is 2.75. The van der Waals surface area contributed by atoms with E-state index >= 15 is 0 Å². The van der Waals surface area contributed by atoms with Gasteiger partial charge in [0.25, 0.3) is 0 Å². The van der Waals surface area contributed by atoms with Crippen LogP contribution in [0, 0.1) is 5.82 Å². The van der Waals surface area contributed by atoms with E-state index in [1.165, 1.54) is 23.9 Å². The van der Waals surface area contributed by atoms with Gasteiger partial charge < -0.3 is 9.47 Å². The Morgan fingerprint density at radius 3 is 3.06 bits per heavy atom. The Labute approximate surface area is 103 Å². The Balaban J connectivity index is 2.02. The van der Waals surface area contributed by atoms with Crippen LogP contribution in [-0.4, -0.2) is 24.9 Å². The zero-order chi connectivity index (χ0) is 12.3. The van der Waals surface area contributed by atoms with Crippen LogP contribution in [0.25, 0.3) is 0 Å². The largest absolute Gasteiger partial charge is 0.496 e. The van der Waals surface area contributed by atoms with Crippen LogP contribution in [-0.2, 0) is 15.3 Å². The van der Waals surface area contributed by atoms with Gasteiger partial charge in [0.15, 0.2) is 0 Å². The van der Waals surface area contributed by atoms with E-state index in [2.05, 4.69) is 0 Å². The molecule has 0 aromatic heterocycles. The Morgan fingerprint density at radius 1 is 1.59 bits per heavy atom. The van der Waals surface area contributed by atoms with Crippen LogP contribution in [0.15, 0.2) is 18.2 Å². The second kappa shape index (κ2) is 5.40. The number of esters is 1.